The van der Waals surface area contributed by atoms with Gasteiger partial charge in [-0.15, -0.1) is 0 Å². The Bertz CT molecular complexity index is 813. The predicted molar refractivity (Wildman–Crippen MR) is 99.5 cm³/mol. The summed E-state index contributed by atoms with van der Waals surface area (Å²) in [6.07, 6.45) is 1.67. The van der Waals surface area contributed by atoms with E-state index in [0.717, 1.165) is 16.1 Å². The first-order valence-corrected chi connectivity index (χ1v) is 8.93. The van der Waals surface area contributed by atoms with Crippen LogP contribution >= 0.6 is 11.9 Å². The Balaban J connectivity index is 1.96. The second-order valence-electron chi connectivity index (χ2n) is 5.96. The Labute approximate surface area is 151 Å². The maximum Gasteiger partial charge on any atom is 0.332 e. The van der Waals surface area contributed by atoms with Crippen LogP contribution in [0.4, 0.5) is 5.69 Å². The number of para-hydroxylation sites is 1. The lowest BCUT2D eigenvalue weighted by Gasteiger charge is -2.22. The summed E-state index contributed by atoms with van der Waals surface area (Å²) in [4.78, 5) is 25.5. The molecule has 3 rings (SSSR count). The molecule has 1 amide bonds. The average molecular weight is 353 g/mol. The first kappa shape index (κ1) is 17.3. The van der Waals surface area contributed by atoms with Gasteiger partial charge in [0.2, 0.25) is 0 Å². The molecule has 0 unspecified atom stereocenters. The first-order chi connectivity index (χ1) is 12.1. The standard InChI is InChI=1S/C20H19NO3S/c1-14-10-12-16(13-11-14)25-21(15-6-3-2-4-7-15)19(22)17-8-5-9-18(17)20(23)24/h2-4,6-7,10-13H,5,8-9H2,1H3,(H,23,24). The van der Waals surface area contributed by atoms with Crippen LogP contribution in [-0.2, 0) is 9.59 Å². The number of hydrogen-bond acceptors (Lipinski definition) is 3. The minimum atomic E-state index is -0.991. The number of benzene rings is 2. The van der Waals surface area contributed by atoms with Crippen molar-refractivity contribution in [3.8, 4) is 0 Å². The van der Waals surface area contributed by atoms with Crippen LogP contribution in [0, 0.1) is 6.92 Å². The number of aryl methyl sites for hydroxylation is 1. The third-order valence-electron chi connectivity index (χ3n) is 4.13. The molecule has 1 aliphatic carbocycles. The van der Waals surface area contributed by atoms with Crippen molar-refractivity contribution in [2.24, 2.45) is 0 Å². The van der Waals surface area contributed by atoms with Gasteiger partial charge < -0.3 is 5.11 Å². The fourth-order valence-electron chi connectivity index (χ4n) is 2.82. The Hall–Kier alpha value is -2.53. The van der Waals surface area contributed by atoms with Crippen LogP contribution in [0.5, 0.6) is 0 Å². The van der Waals surface area contributed by atoms with Crippen LogP contribution in [-0.4, -0.2) is 17.0 Å². The number of rotatable bonds is 5. The van der Waals surface area contributed by atoms with Gasteiger partial charge in [-0.3, -0.25) is 4.79 Å². The maximum absolute atomic E-state index is 13.1. The van der Waals surface area contributed by atoms with Crippen molar-refractivity contribution in [2.45, 2.75) is 31.1 Å². The highest BCUT2D eigenvalue weighted by Crippen LogP contribution is 2.35. The van der Waals surface area contributed by atoms with Crippen molar-refractivity contribution >= 4 is 29.5 Å². The van der Waals surface area contributed by atoms with Gasteiger partial charge in [0.25, 0.3) is 5.91 Å². The van der Waals surface area contributed by atoms with Gasteiger partial charge in [0, 0.05) is 16.0 Å². The van der Waals surface area contributed by atoms with Gasteiger partial charge in [-0.05, 0) is 62.4 Å². The highest BCUT2D eigenvalue weighted by atomic mass is 32.2. The van der Waals surface area contributed by atoms with E-state index in [4.69, 9.17) is 0 Å². The number of carboxylic acid groups (broad SMARTS) is 1. The summed E-state index contributed by atoms with van der Waals surface area (Å²) in [6, 6.07) is 17.2. The summed E-state index contributed by atoms with van der Waals surface area (Å²) in [7, 11) is 0. The lowest BCUT2D eigenvalue weighted by atomic mass is 10.1. The van der Waals surface area contributed by atoms with E-state index < -0.39 is 5.97 Å². The molecule has 25 heavy (non-hydrogen) atoms. The van der Waals surface area contributed by atoms with Gasteiger partial charge in [0.15, 0.2) is 0 Å². The minimum absolute atomic E-state index is 0.244. The number of carbonyl (C=O) groups is 2. The second-order valence-corrected chi connectivity index (χ2v) is 6.97. The van der Waals surface area contributed by atoms with Crippen LogP contribution in [0.1, 0.15) is 24.8 Å². The molecule has 0 radical (unpaired) electrons. The van der Waals surface area contributed by atoms with Gasteiger partial charge in [0.1, 0.15) is 0 Å². The van der Waals surface area contributed by atoms with E-state index in [0.29, 0.717) is 24.8 Å². The van der Waals surface area contributed by atoms with Crippen molar-refractivity contribution in [2.75, 3.05) is 4.31 Å². The van der Waals surface area contributed by atoms with Crippen LogP contribution in [0.2, 0.25) is 0 Å². The number of anilines is 1. The Kier molecular flexibility index (Phi) is 5.24. The molecule has 0 heterocycles. The number of nitrogens with zero attached hydrogens (tertiary/aromatic N) is 1. The van der Waals surface area contributed by atoms with Crippen molar-refractivity contribution < 1.29 is 14.7 Å². The zero-order valence-electron chi connectivity index (χ0n) is 13.9. The van der Waals surface area contributed by atoms with Crippen molar-refractivity contribution in [3.63, 3.8) is 0 Å². The molecule has 0 atom stereocenters. The Morgan fingerprint density at radius 3 is 2.24 bits per heavy atom. The predicted octanol–water partition coefficient (Wildman–Crippen LogP) is 4.60. The Morgan fingerprint density at radius 2 is 1.60 bits per heavy atom. The molecule has 0 spiro atoms. The highest BCUT2D eigenvalue weighted by molar-refractivity contribution is 8.01. The summed E-state index contributed by atoms with van der Waals surface area (Å²) in [5.74, 6) is -1.24. The molecule has 0 bridgehead atoms. The van der Waals surface area contributed by atoms with E-state index in [9.17, 15) is 14.7 Å². The third-order valence-corrected chi connectivity index (χ3v) is 5.17. The van der Waals surface area contributed by atoms with Crippen molar-refractivity contribution in [1.29, 1.82) is 0 Å². The molecular weight excluding hydrogens is 334 g/mol. The van der Waals surface area contributed by atoms with Gasteiger partial charge in [-0.1, -0.05) is 35.9 Å². The molecule has 2 aromatic rings. The van der Waals surface area contributed by atoms with Crippen LogP contribution < -0.4 is 4.31 Å². The van der Waals surface area contributed by atoms with Crippen LogP contribution in [0.3, 0.4) is 0 Å². The summed E-state index contributed by atoms with van der Waals surface area (Å²) in [5, 5.41) is 9.37. The molecule has 1 aliphatic rings. The first-order valence-electron chi connectivity index (χ1n) is 8.15. The molecule has 0 aliphatic heterocycles. The molecule has 2 aromatic carbocycles. The Morgan fingerprint density at radius 1 is 0.960 bits per heavy atom. The summed E-state index contributed by atoms with van der Waals surface area (Å²) < 4.78 is 1.59. The number of amides is 1. The van der Waals surface area contributed by atoms with Crippen LogP contribution in [0.25, 0.3) is 0 Å². The van der Waals surface area contributed by atoms with Gasteiger partial charge in [-0.2, -0.15) is 0 Å². The number of hydrogen-bond donors (Lipinski definition) is 1. The lowest BCUT2D eigenvalue weighted by molar-refractivity contribution is -0.133. The normalized spacial score (nSPS) is 13.8. The van der Waals surface area contributed by atoms with Crippen LogP contribution in [0.15, 0.2) is 70.6 Å². The summed E-state index contributed by atoms with van der Waals surface area (Å²) >= 11 is 1.32. The highest BCUT2D eigenvalue weighted by Gasteiger charge is 2.30. The van der Waals surface area contributed by atoms with E-state index in [1.54, 1.807) is 4.31 Å². The second kappa shape index (κ2) is 7.57. The van der Waals surface area contributed by atoms with E-state index in [1.165, 1.54) is 11.9 Å². The van der Waals surface area contributed by atoms with Gasteiger partial charge in [-0.25, -0.2) is 9.10 Å². The van der Waals surface area contributed by atoms with E-state index >= 15 is 0 Å². The molecule has 0 saturated carbocycles. The average Bonchev–Trinajstić information content (AvgIpc) is 3.11. The van der Waals surface area contributed by atoms with Crippen molar-refractivity contribution in [3.05, 3.63) is 71.3 Å². The third kappa shape index (κ3) is 3.94. The van der Waals surface area contributed by atoms with Crippen molar-refractivity contribution in [1.82, 2.24) is 0 Å². The quantitative estimate of drug-likeness (QED) is 0.798. The zero-order chi connectivity index (χ0) is 17.8. The van der Waals surface area contributed by atoms with E-state index in [1.807, 2.05) is 61.5 Å². The van der Waals surface area contributed by atoms with E-state index in [-0.39, 0.29) is 11.5 Å². The topological polar surface area (TPSA) is 57.6 Å². The maximum atomic E-state index is 13.1. The van der Waals surface area contributed by atoms with E-state index in [2.05, 4.69) is 0 Å². The number of carboxylic acids is 1. The molecule has 5 heteroatoms. The number of aliphatic carboxylic acids is 1. The molecule has 0 saturated heterocycles. The summed E-state index contributed by atoms with van der Waals surface area (Å²) in [5.41, 5.74) is 2.54. The molecule has 4 nitrogen and oxygen atoms in total. The lowest BCUT2D eigenvalue weighted by Crippen LogP contribution is -2.26. The largest absolute Gasteiger partial charge is 0.478 e. The van der Waals surface area contributed by atoms with Gasteiger partial charge >= 0.3 is 5.97 Å². The summed E-state index contributed by atoms with van der Waals surface area (Å²) in [6.45, 7) is 2.01. The molecule has 1 N–H and O–H groups in total. The molecular formula is C20H19NO3S. The molecule has 128 valence electrons. The monoisotopic (exact) mass is 353 g/mol. The fraction of sp³-hybridized carbons (Fsp3) is 0.200. The fourth-order valence-corrected chi connectivity index (χ4v) is 3.71. The smallest absolute Gasteiger partial charge is 0.332 e. The minimum Gasteiger partial charge on any atom is -0.478 e. The number of carbonyl (C=O) groups excluding carboxylic acids is 1. The zero-order valence-corrected chi connectivity index (χ0v) is 14.8. The molecule has 0 fully saturated rings. The van der Waals surface area contributed by atoms with Gasteiger partial charge in [0.05, 0.1) is 5.69 Å². The SMILES string of the molecule is Cc1ccc(SN(C(=O)C2=C(C(=O)O)CCC2)c2ccccc2)cc1. The molecule has 0 aromatic heterocycles.